The number of hydrogen-bond acceptors (Lipinski definition) is 2. The largest absolute Gasteiger partial charge is 0.334 e. The summed E-state index contributed by atoms with van der Waals surface area (Å²) < 4.78 is 1.20. The number of benzene rings is 1. The summed E-state index contributed by atoms with van der Waals surface area (Å²) in [5.74, 6) is 0.0575. The molecule has 0 atom stereocenters. The number of carbonyl (C=O) groups is 1. The number of hydrogen-bond donors (Lipinski definition) is 1. The third kappa shape index (κ3) is 2.74. The highest BCUT2D eigenvalue weighted by atomic mass is 127. The third-order valence-corrected chi connectivity index (χ3v) is 3.83. The molecule has 1 aromatic carbocycles. The van der Waals surface area contributed by atoms with Crippen molar-refractivity contribution in [2.24, 2.45) is 5.73 Å². The summed E-state index contributed by atoms with van der Waals surface area (Å²) >= 11 is 2.30. The van der Waals surface area contributed by atoms with Crippen molar-refractivity contribution in [3.8, 4) is 0 Å². The average Bonchev–Trinajstić information content (AvgIpc) is 3.11. The number of carbonyl (C=O) groups excluding carboxylic acids is 1. The van der Waals surface area contributed by atoms with E-state index < -0.39 is 0 Å². The van der Waals surface area contributed by atoms with Crippen molar-refractivity contribution < 1.29 is 4.79 Å². The van der Waals surface area contributed by atoms with Gasteiger partial charge in [-0.1, -0.05) is 18.2 Å². The Morgan fingerprint density at radius 2 is 2.12 bits per heavy atom. The molecule has 1 amide bonds. The van der Waals surface area contributed by atoms with Crippen LogP contribution in [0.25, 0.3) is 0 Å². The van der Waals surface area contributed by atoms with Crippen molar-refractivity contribution >= 4 is 28.5 Å². The first-order chi connectivity index (χ1) is 7.72. The van der Waals surface area contributed by atoms with Gasteiger partial charge in [0.2, 0.25) is 5.91 Å². The van der Waals surface area contributed by atoms with Crippen LogP contribution in [-0.2, 0) is 11.3 Å². The van der Waals surface area contributed by atoms with Crippen molar-refractivity contribution in [3.05, 3.63) is 33.4 Å². The minimum atomic E-state index is 0.0575. The second-order valence-electron chi connectivity index (χ2n) is 4.05. The molecule has 1 aliphatic rings. The monoisotopic (exact) mass is 330 g/mol. The SMILES string of the molecule is NCC(=O)N(Cc1ccccc1I)C1CC1. The number of amides is 1. The molecule has 2 rings (SSSR count). The van der Waals surface area contributed by atoms with Gasteiger partial charge in [0.15, 0.2) is 0 Å². The predicted molar refractivity (Wildman–Crippen MR) is 71.8 cm³/mol. The molecule has 0 aromatic heterocycles. The van der Waals surface area contributed by atoms with E-state index in [0.717, 1.165) is 12.8 Å². The normalized spacial score (nSPS) is 14.9. The molecule has 0 aliphatic heterocycles. The lowest BCUT2D eigenvalue weighted by Gasteiger charge is -2.22. The van der Waals surface area contributed by atoms with Crippen LogP contribution in [0.4, 0.5) is 0 Å². The Morgan fingerprint density at radius 3 is 2.69 bits per heavy atom. The van der Waals surface area contributed by atoms with Gasteiger partial charge in [0.05, 0.1) is 6.54 Å². The fourth-order valence-corrected chi connectivity index (χ4v) is 2.29. The van der Waals surface area contributed by atoms with Gasteiger partial charge in [0.1, 0.15) is 0 Å². The number of nitrogens with two attached hydrogens (primary N) is 1. The Morgan fingerprint density at radius 1 is 1.44 bits per heavy atom. The van der Waals surface area contributed by atoms with Gasteiger partial charge in [0, 0.05) is 16.2 Å². The van der Waals surface area contributed by atoms with Crippen LogP contribution in [0.15, 0.2) is 24.3 Å². The number of nitrogens with zero attached hydrogens (tertiary/aromatic N) is 1. The Bertz CT molecular complexity index is 390. The van der Waals surface area contributed by atoms with E-state index in [1.54, 1.807) is 0 Å². The number of halogens is 1. The fraction of sp³-hybridized carbons (Fsp3) is 0.417. The standard InChI is InChI=1S/C12H15IN2O/c13-11-4-2-1-3-9(11)8-15(10-5-6-10)12(16)7-14/h1-4,10H,5-8,14H2. The molecule has 0 radical (unpaired) electrons. The summed E-state index contributed by atoms with van der Waals surface area (Å²) in [6.07, 6.45) is 2.24. The minimum absolute atomic E-state index is 0.0575. The maximum Gasteiger partial charge on any atom is 0.236 e. The van der Waals surface area contributed by atoms with Crippen LogP contribution in [0.1, 0.15) is 18.4 Å². The molecule has 2 N–H and O–H groups in total. The summed E-state index contributed by atoms with van der Waals surface area (Å²) in [6, 6.07) is 8.58. The van der Waals surface area contributed by atoms with Gasteiger partial charge in [-0.05, 0) is 47.1 Å². The molecule has 0 spiro atoms. The van der Waals surface area contributed by atoms with Crippen LogP contribution in [-0.4, -0.2) is 23.4 Å². The lowest BCUT2D eigenvalue weighted by atomic mass is 10.2. The Balaban J connectivity index is 2.11. The molecule has 1 aliphatic carbocycles. The molecule has 1 fully saturated rings. The van der Waals surface area contributed by atoms with Crippen LogP contribution in [0, 0.1) is 3.57 Å². The first kappa shape index (κ1) is 11.9. The molecule has 1 aromatic rings. The van der Waals surface area contributed by atoms with Gasteiger partial charge >= 0.3 is 0 Å². The maximum atomic E-state index is 11.7. The topological polar surface area (TPSA) is 46.3 Å². The van der Waals surface area contributed by atoms with E-state index in [2.05, 4.69) is 34.7 Å². The highest BCUT2D eigenvalue weighted by Gasteiger charge is 2.31. The molecule has 0 saturated heterocycles. The molecule has 4 heteroatoms. The zero-order valence-corrected chi connectivity index (χ0v) is 11.2. The van der Waals surface area contributed by atoms with Gasteiger partial charge < -0.3 is 10.6 Å². The van der Waals surface area contributed by atoms with Crippen molar-refractivity contribution in [2.45, 2.75) is 25.4 Å². The van der Waals surface area contributed by atoms with Gasteiger partial charge in [-0.3, -0.25) is 4.79 Å². The van der Waals surface area contributed by atoms with Gasteiger partial charge in [-0.25, -0.2) is 0 Å². The van der Waals surface area contributed by atoms with E-state index in [9.17, 15) is 4.79 Å². The first-order valence-corrected chi connectivity index (χ1v) is 6.53. The van der Waals surface area contributed by atoms with Crippen molar-refractivity contribution in [1.29, 1.82) is 0 Å². The van der Waals surface area contributed by atoms with Crippen LogP contribution in [0.3, 0.4) is 0 Å². The molecule has 0 heterocycles. The maximum absolute atomic E-state index is 11.7. The Kier molecular flexibility index (Phi) is 3.81. The molecular weight excluding hydrogens is 315 g/mol. The highest BCUT2D eigenvalue weighted by molar-refractivity contribution is 14.1. The van der Waals surface area contributed by atoms with E-state index >= 15 is 0 Å². The molecule has 0 bridgehead atoms. The quantitative estimate of drug-likeness (QED) is 0.855. The van der Waals surface area contributed by atoms with E-state index in [1.807, 2.05) is 17.0 Å². The molecule has 16 heavy (non-hydrogen) atoms. The van der Waals surface area contributed by atoms with Crippen molar-refractivity contribution in [3.63, 3.8) is 0 Å². The molecule has 0 unspecified atom stereocenters. The van der Waals surface area contributed by atoms with Gasteiger partial charge in [0.25, 0.3) is 0 Å². The second-order valence-corrected chi connectivity index (χ2v) is 5.21. The summed E-state index contributed by atoms with van der Waals surface area (Å²) in [4.78, 5) is 13.6. The van der Waals surface area contributed by atoms with E-state index in [-0.39, 0.29) is 12.5 Å². The van der Waals surface area contributed by atoms with E-state index in [1.165, 1.54) is 9.13 Å². The smallest absolute Gasteiger partial charge is 0.236 e. The van der Waals surface area contributed by atoms with Crippen LogP contribution in [0.2, 0.25) is 0 Å². The fourth-order valence-electron chi connectivity index (χ4n) is 1.73. The summed E-state index contributed by atoms with van der Waals surface area (Å²) in [6.45, 7) is 0.805. The predicted octanol–water partition coefficient (Wildman–Crippen LogP) is 1.74. The van der Waals surface area contributed by atoms with E-state index in [0.29, 0.717) is 12.6 Å². The van der Waals surface area contributed by atoms with Crippen molar-refractivity contribution in [2.75, 3.05) is 6.54 Å². The zero-order chi connectivity index (χ0) is 11.5. The highest BCUT2D eigenvalue weighted by Crippen LogP contribution is 2.29. The summed E-state index contributed by atoms with van der Waals surface area (Å²) in [7, 11) is 0. The first-order valence-electron chi connectivity index (χ1n) is 5.45. The average molecular weight is 330 g/mol. The van der Waals surface area contributed by atoms with Crippen LogP contribution < -0.4 is 5.73 Å². The molecule has 3 nitrogen and oxygen atoms in total. The molecular formula is C12H15IN2O. The zero-order valence-electron chi connectivity index (χ0n) is 9.03. The van der Waals surface area contributed by atoms with E-state index in [4.69, 9.17) is 5.73 Å². The summed E-state index contributed by atoms with van der Waals surface area (Å²) in [5.41, 5.74) is 6.64. The summed E-state index contributed by atoms with van der Waals surface area (Å²) in [5, 5.41) is 0. The minimum Gasteiger partial charge on any atom is -0.334 e. The molecule has 86 valence electrons. The lowest BCUT2D eigenvalue weighted by Crippen LogP contribution is -2.37. The third-order valence-electron chi connectivity index (χ3n) is 2.78. The lowest BCUT2D eigenvalue weighted by molar-refractivity contribution is -0.130. The van der Waals surface area contributed by atoms with Crippen LogP contribution >= 0.6 is 22.6 Å². The number of rotatable bonds is 4. The van der Waals surface area contributed by atoms with Crippen LogP contribution in [0.5, 0.6) is 0 Å². The second kappa shape index (κ2) is 5.14. The van der Waals surface area contributed by atoms with Crippen molar-refractivity contribution in [1.82, 2.24) is 4.90 Å². The Labute approximate surface area is 109 Å². The Hall–Kier alpha value is -0.620. The van der Waals surface area contributed by atoms with Gasteiger partial charge in [-0.15, -0.1) is 0 Å². The van der Waals surface area contributed by atoms with Gasteiger partial charge in [-0.2, -0.15) is 0 Å². The molecule has 1 saturated carbocycles.